The fourth-order valence-electron chi connectivity index (χ4n) is 1.97. The fourth-order valence-corrected chi connectivity index (χ4v) is 3.16. The van der Waals surface area contributed by atoms with E-state index in [-0.39, 0.29) is 23.7 Å². The van der Waals surface area contributed by atoms with Crippen LogP contribution in [0.5, 0.6) is 0 Å². The van der Waals surface area contributed by atoms with Crippen molar-refractivity contribution in [2.24, 2.45) is 12.8 Å². The van der Waals surface area contributed by atoms with Crippen molar-refractivity contribution >= 4 is 15.9 Å². The Kier molecular flexibility index (Phi) is 3.87. The van der Waals surface area contributed by atoms with E-state index in [1.807, 2.05) is 0 Å². The average Bonchev–Trinajstić information content (AvgIpc) is 2.94. The molecule has 1 aliphatic rings. The zero-order valence-corrected chi connectivity index (χ0v) is 11.8. The highest BCUT2D eigenvalue weighted by atomic mass is 32.2. The second-order valence-corrected chi connectivity index (χ2v) is 6.65. The van der Waals surface area contributed by atoms with Crippen molar-refractivity contribution in [3.05, 3.63) is 18.0 Å². The molecular formula is C11H17N3O5S. The van der Waals surface area contributed by atoms with E-state index in [4.69, 9.17) is 10.5 Å². The van der Waals surface area contributed by atoms with Gasteiger partial charge in [0.15, 0.2) is 0 Å². The summed E-state index contributed by atoms with van der Waals surface area (Å²) in [6.07, 6.45) is 1.66. The zero-order chi connectivity index (χ0) is 15.0. The highest BCUT2D eigenvalue weighted by Gasteiger charge is 2.34. The lowest BCUT2D eigenvalue weighted by Gasteiger charge is -2.20. The Morgan fingerprint density at radius 1 is 1.65 bits per heavy atom. The van der Waals surface area contributed by atoms with E-state index in [0.717, 1.165) is 0 Å². The highest BCUT2D eigenvalue weighted by molar-refractivity contribution is 7.89. The van der Waals surface area contributed by atoms with Crippen LogP contribution in [-0.4, -0.2) is 49.4 Å². The summed E-state index contributed by atoms with van der Waals surface area (Å²) >= 11 is 0. The minimum Gasteiger partial charge on any atom is -0.386 e. The van der Waals surface area contributed by atoms with Crippen LogP contribution in [0.2, 0.25) is 0 Å². The number of nitrogens with zero attached hydrogens (tertiary/aromatic N) is 1. The van der Waals surface area contributed by atoms with Gasteiger partial charge in [0, 0.05) is 32.8 Å². The van der Waals surface area contributed by atoms with Crippen LogP contribution in [0.4, 0.5) is 0 Å². The van der Waals surface area contributed by atoms with Crippen molar-refractivity contribution < 1.29 is 23.1 Å². The number of aryl methyl sites for hydroxylation is 1. The molecule has 9 heteroatoms. The Balaban J connectivity index is 2.14. The first kappa shape index (κ1) is 15.0. The summed E-state index contributed by atoms with van der Waals surface area (Å²) in [6, 6.07) is 1.19. The number of sulfonamides is 1. The van der Waals surface area contributed by atoms with E-state index in [2.05, 4.69) is 4.72 Å². The van der Waals surface area contributed by atoms with Gasteiger partial charge >= 0.3 is 0 Å². The standard InChI is InChI=1S/C11H17N3O5S/c1-14-5-8(4-9(14)10(12)15)20(17,18)13-6-11(16)2-3-19-7-11/h4-5,13,16H,2-3,6-7H2,1H3,(H2,12,15). The molecular weight excluding hydrogens is 286 g/mol. The number of hydrogen-bond donors (Lipinski definition) is 3. The Labute approximate surface area is 116 Å². The molecule has 1 fully saturated rings. The van der Waals surface area contributed by atoms with Crippen molar-refractivity contribution in [3.63, 3.8) is 0 Å². The van der Waals surface area contributed by atoms with E-state index in [9.17, 15) is 18.3 Å². The Hall–Kier alpha value is -1.42. The van der Waals surface area contributed by atoms with E-state index in [1.54, 1.807) is 0 Å². The quantitative estimate of drug-likeness (QED) is 0.614. The molecule has 8 nitrogen and oxygen atoms in total. The molecule has 1 amide bonds. The van der Waals surface area contributed by atoms with Gasteiger partial charge in [0.25, 0.3) is 5.91 Å². The van der Waals surface area contributed by atoms with E-state index in [0.29, 0.717) is 13.0 Å². The molecule has 1 saturated heterocycles. The predicted octanol–water partition coefficient (Wildman–Crippen LogP) is -1.45. The van der Waals surface area contributed by atoms with E-state index >= 15 is 0 Å². The molecule has 112 valence electrons. The minimum absolute atomic E-state index is 0.0729. The molecule has 0 aliphatic carbocycles. The largest absolute Gasteiger partial charge is 0.386 e. The topological polar surface area (TPSA) is 124 Å². The number of carbonyl (C=O) groups is 1. The summed E-state index contributed by atoms with van der Waals surface area (Å²) < 4.78 is 32.9. The normalized spacial score (nSPS) is 23.1. The number of nitrogens with two attached hydrogens (primary N) is 1. The van der Waals surface area contributed by atoms with E-state index < -0.39 is 21.5 Å². The van der Waals surface area contributed by atoms with Crippen LogP contribution in [0.25, 0.3) is 0 Å². The molecule has 0 aromatic carbocycles. The van der Waals surface area contributed by atoms with Gasteiger partial charge in [0.1, 0.15) is 16.2 Å². The fraction of sp³-hybridized carbons (Fsp3) is 0.545. The maximum atomic E-state index is 12.1. The molecule has 4 N–H and O–H groups in total. The predicted molar refractivity (Wildman–Crippen MR) is 69.5 cm³/mol. The van der Waals surface area contributed by atoms with Gasteiger partial charge in [-0.2, -0.15) is 0 Å². The van der Waals surface area contributed by atoms with Crippen molar-refractivity contribution in [1.29, 1.82) is 0 Å². The van der Waals surface area contributed by atoms with Gasteiger partial charge in [-0.05, 0) is 6.07 Å². The summed E-state index contributed by atoms with van der Waals surface area (Å²) in [5.74, 6) is -0.711. The maximum absolute atomic E-state index is 12.1. The number of primary amides is 1. The monoisotopic (exact) mass is 303 g/mol. The first-order chi connectivity index (χ1) is 9.23. The van der Waals surface area contributed by atoms with Crippen molar-refractivity contribution in [1.82, 2.24) is 9.29 Å². The first-order valence-electron chi connectivity index (χ1n) is 5.99. The summed E-state index contributed by atoms with van der Waals surface area (Å²) in [6.45, 7) is 0.350. The lowest BCUT2D eigenvalue weighted by atomic mass is 10.1. The van der Waals surface area contributed by atoms with Gasteiger partial charge in [0.05, 0.1) is 6.61 Å². The number of carbonyl (C=O) groups excluding carboxylic acids is 1. The minimum atomic E-state index is -3.82. The van der Waals surface area contributed by atoms with Gasteiger partial charge < -0.3 is 20.1 Å². The van der Waals surface area contributed by atoms with Gasteiger partial charge in [0.2, 0.25) is 10.0 Å². The van der Waals surface area contributed by atoms with Crippen LogP contribution in [0.1, 0.15) is 16.9 Å². The molecule has 0 bridgehead atoms. The molecule has 1 aliphatic heterocycles. The van der Waals surface area contributed by atoms with Crippen molar-refractivity contribution in [3.8, 4) is 0 Å². The third-order valence-electron chi connectivity index (χ3n) is 3.22. The second-order valence-electron chi connectivity index (χ2n) is 4.89. The molecule has 20 heavy (non-hydrogen) atoms. The van der Waals surface area contributed by atoms with Crippen LogP contribution in [0, 0.1) is 0 Å². The number of aliphatic hydroxyl groups is 1. The molecule has 0 saturated carbocycles. The molecule has 1 aromatic heterocycles. The SMILES string of the molecule is Cn1cc(S(=O)(=O)NCC2(O)CCOC2)cc1C(N)=O. The zero-order valence-electron chi connectivity index (χ0n) is 11.0. The summed E-state index contributed by atoms with van der Waals surface area (Å²) in [5.41, 5.74) is 4.04. The third kappa shape index (κ3) is 3.01. The smallest absolute Gasteiger partial charge is 0.265 e. The first-order valence-corrected chi connectivity index (χ1v) is 7.48. The lowest BCUT2D eigenvalue weighted by Crippen LogP contribution is -2.43. The molecule has 1 atom stereocenters. The molecule has 2 rings (SSSR count). The summed E-state index contributed by atoms with van der Waals surface area (Å²) in [5, 5.41) is 10.0. The number of rotatable bonds is 5. The summed E-state index contributed by atoms with van der Waals surface area (Å²) in [4.78, 5) is 11.0. The van der Waals surface area contributed by atoms with Crippen LogP contribution in [0.3, 0.4) is 0 Å². The summed E-state index contributed by atoms with van der Waals surface area (Å²) in [7, 11) is -2.29. The Morgan fingerprint density at radius 2 is 2.35 bits per heavy atom. The van der Waals surface area contributed by atoms with E-state index in [1.165, 1.54) is 23.9 Å². The third-order valence-corrected chi connectivity index (χ3v) is 4.58. The number of aromatic nitrogens is 1. The number of hydrogen-bond acceptors (Lipinski definition) is 5. The van der Waals surface area contributed by atoms with Crippen molar-refractivity contribution in [2.75, 3.05) is 19.8 Å². The molecule has 1 aromatic rings. The van der Waals surface area contributed by atoms with Gasteiger partial charge in [-0.15, -0.1) is 0 Å². The maximum Gasteiger partial charge on any atom is 0.265 e. The van der Waals surface area contributed by atoms with Crippen LogP contribution < -0.4 is 10.5 Å². The molecule has 2 heterocycles. The number of nitrogens with one attached hydrogen (secondary N) is 1. The van der Waals surface area contributed by atoms with Gasteiger partial charge in [-0.3, -0.25) is 4.79 Å². The van der Waals surface area contributed by atoms with Gasteiger partial charge in [-0.1, -0.05) is 0 Å². The van der Waals surface area contributed by atoms with Crippen molar-refractivity contribution in [2.45, 2.75) is 16.9 Å². The van der Waals surface area contributed by atoms with Crippen LogP contribution in [0.15, 0.2) is 17.2 Å². The highest BCUT2D eigenvalue weighted by Crippen LogP contribution is 2.19. The Morgan fingerprint density at radius 3 is 2.85 bits per heavy atom. The molecule has 1 unspecified atom stereocenters. The average molecular weight is 303 g/mol. The van der Waals surface area contributed by atoms with Crippen LogP contribution >= 0.6 is 0 Å². The molecule has 0 spiro atoms. The number of ether oxygens (including phenoxy) is 1. The lowest BCUT2D eigenvalue weighted by molar-refractivity contribution is 0.0314. The van der Waals surface area contributed by atoms with Gasteiger partial charge in [-0.25, -0.2) is 13.1 Å². The second kappa shape index (κ2) is 5.17. The number of amides is 1. The Bertz CT molecular complexity index is 616. The van der Waals surface area contributed by atoms with Crippen LogP contribution in [-0.2, 0) is 21.8 Å². The molecule has 0 radical (unpaired) electrons.